The Bertz CT molecular complexity index is 633. The number of para-hydroxylation sites is 2. The maximum absolute atomic E-state index is 9.67. The summed E-state index contributed by atoms with van der Waals surface area (Å²) in [4.78, 5) is 0. The second-order valence-electron chi connectivity index (χ2n) is 6.14. The lowest BCUT2D eigenvalue weighted by molar-refractivity contribution is 0.273. The zero-order valence-electron chi connectivity index (χ0n) is 13.7. The molecule has 1 aliphatic rings. The predicted octanol–water partition coefficient (Wildman–Crippen LogP) is 3.60. The van der Waals surface area contributed by atoms with Crippen LogP contribution in [0.1, 0.15) is 62.8 Å². The van der Waals surface area contributed by atoms with Gasteiger partial charge in [-0.15, -0.1) is 5.10 Å². The highest BCUT2D eigenvalue weighted by Crippen LogP contribution is 2.36. The van der Waals surface area contributed by atoms with Gasteiger partial charge >= 0.3 is 0 Å². The molecule has 2 aromatic rings. The number of aromatic nitrogens is 3. The zero-order chi connectivity index (χ0) is 16.1. The minimum Gasteiger partial charge on any atom is -0.491 e. The first-order valence-corrected chi connectivity index (χ1v) is 8.62. The highest BCUT2D eigenvalue weighted by Gasteiger charge is 2.25. The molecule has 3 rings (SSSR count). The lowest BCUT2D eigenvalue weighted by Gasteiger charge is -2.23. The van der Waals surface area contributed by atoms with Crippen molar-refractivity contribution in [3.8, 4) is 11.4 Å². The molecular weight excluding hydrogens is 290 g/mol. The Hall–Kier alpha value is -1.88. The van der Waals surface area contributed by atoms with Crippen LogP contribution < -0.4 is 4.74 Å². The van der Waals surface area contributed by atoms with Crippen molar-refractivity contribution < 1.29 is 9.84 Å². The smallest absolute Gasteiger partial charge is 0.145 e. The molecule has 1 aromatic heterocycles. The number of hydrogen-bond acceptors (Lipinski definition) is 4. The van der Waals surface area contributed by atoms with E-state index in [-0.39, 0.29) is 6.61 Å². The molecule has 0 spiro atoms. The quantitative estimate of drug-likeness (QED) is 0.885. The fourth-order valence-corrected chi connectivity index (χ4v) is 3.36. The van der Waals surface area contributed by atoms with Crippen molar-refractivity contribution >= 4 is 0 Å². The van der Waals surface area contributed by atoms with Crippen LogP contribution in [0.3, 0.4) is 0 Å². The van der Waals surface area contributed by atoms with Gasteiger partial charge < -0.3 is 9.84 Å². The molecule has 0 atom stereocenters. The average Bonchev–Trinajstić information content (AvgIpc) is 3.04. The van der Waals surface area contributed by atoms with E-state index in [0.717, 1.165) is 36.4 Å². The number of aliphatic hydroxyl groups is 1. The third kappa shape index (κ3) is 3.39. The SMILES string of the molecule is CCCOc1ccccc1-n1nnc(CO)c1C1CCCCC1. The van der Waals surface area contributed by atoms with E-state index in [2.05, 4.69) is 17.2 Å². The number of ether oxygens (including phenoxy) is 1. The molecule has 1 fully saturated rings. The Morgan fingerprint density at radius 1 is 1.22 bits per heavy atom. The molecule has 1 aromatic carbocycles. The van der Waals surface area contributed by atoms with Crippen molar-refractivity contribution in [2.75, 3.05) is 6.61 Å². The summed E-state index contributed by atoms with van der Waals surface area (Å²) in [6.45, 7) is 2.70. The molecule has 1 aliphatic carbocycles. The van der Waals surface area contributed by atoms with E-state index in [1.54, 1.807) is 0 Å². The number of aliphatic hydroxyl groups excluding tert-OH is 1. The zero-order valence-corrected chi connectivity index (χ0v) is 13.7. The summed E-state index contributed by atoms with van der Waals surface area (Å²) in [6.07, 6.45) is 6.99. The van der Waals surface area contributed by atoms with Crippen LogP contribution in [0.2, 0.25) is 0 Å². The maximum Gasteiger partial charge on any atom is 0.145 e. The molecule has 5 nitrogen and oxygen atoms in total. The van der Waals surface area contributed by atoms with Crippen LogP contribution in [0.25, 0.3) is 5.69 Å². The lowest BCUT2D eigenvalue weighted by atomic mass is 9.86. The van der Waals surface area contributed by atoms with Gasteiger partial charge in [-0.05, 0) is 31.4 Å². The predicted molar refractivity (Wildman–Crippen MR) is 88.9 cm³/mol. The van der Waals surface area contributed by atoms with Gasteiger partial charge in [0.2, 0.25) is 0 Å². The van der Waals surface area contributed by atoms with Gasteiger partial charge in [0.25, 0.3) is 0 Å². The summed E-state index contributed by atoms with van der Waals surface area (Å²) in [5.41, 5.74) is 2.66. The Balaban J connectivity index is 2.01. The van der Waals surface area contributed by atoms with Crippen molar-refractivity contribution in [1.29, 1.82) is 0 Å². The van der Waals surface area contributed by atoms with E-state index in [9.17, 15) is 5.11 Å². The first-order valence-electron chi connectivity index (χ1n) is 8.62. The maximum atomic E-state index is 9.67. The average molecular weight is 315 g/mol. The van der Waals surface area contributed by atoms with Gasteiger partial charge in [-0.25, -0.2) is 4.68 Å². The first kappa shape index (κ1) is 16.0. The largest absolute Gasteiger partial charge is 0.491 e. The molecule has 124 valence electrons. The minimum atomic E-state index is -0.0657. The first-order chi connectivity index (χ1) is 11.3. The minimum absolute atomic E-state index is 0.0657. The summed E-state index contributed by atoms with van der Waals surface area (Å²) in [7, 11) is 0. The molecule has 0 amide bonds. The van der Waals surface area contributed by atoms with Crippen molar-refractivity contribution in [3.63, 3.8) is 0 Å². The van der Waals surface area contributed by atoms with E-state index >= 15 is 0 Å². The highest BCUT2D eigenvalue weighted by atomic mass is 16.5. The summed E-state index contributed by atoms with van der Waals surface area (Å²) in [5, 5.41) is 18.2. The fourth-order valence-electron chi connectivity index (χ4n) is 3.36. The van der Waals surface area contributed by atoms with Crippen LogP contribution >= 0.6 is 0 Å². The van der Waals surface area contributed by atoms with Gasteiger partial charge in [-0.2, -0.15) is 0 Å². The fraction of sp³-hybridized carbons (Fsp3) is 0.556. The number of benzene rings is 1. The molecule has 0 aliphatic heterocycles. The standard InChI is InChI=1S/C18H25N3O2/c1-2-12-23-17-11-7-6-10-16(17)21-18(15(13-22)19-20-21)14-8-4-3-5-9-14/h6-7,10-11,14,22H,2-5,8-9,12-13H2,1H3. The Morgan fingerprint density at radius 3 is 2.74 bits per heavy atom. The summed E-state index contributed by atoms with van der Waals surface area (Å²) in [5.74, 6) is 1.24. The van der Waals surface area contributed by atoms with Gasteiger partial charge in [-0.3, -0.25) is 0 Å². The molecule has 5 heteroatoms. The van der Waals surface area contributed by atoms with Gasteiger partial charge in [0.1, 0.15) is 17.1 Å². The van der Waals surface area contributed by atoms with E-state index < -0.39 is 0 Å². The number of nitrogens with zero attached hydrogens (tertiary/aromatic N) is 3. The Kier molecular flexibility index (Phi) is 5.28. The van der Waals surface area contributed by atoms with E-state index in [4.69, 9.17) is 4.74 Å². The van der Waals surface area contributed by atoms with Crippen molar-refractivity contribution in [2.24, 2.45) is 0 Å². The Morgan fingerprint density at radius 2 is 2.00 bits per heavy atom. The third-order valence-corrected chi connectivity index (χ3v) is 4.48. The van der Waals surface area contributed by atoms with Crippen molar-refractivity contribution in [3.05, 3.63) is 35.7 Å². The van der Waals surface area contributed by atoms with Crippen molar-refractivity contribution in [1.82, 2.24) is 15.0 Å². The molecule has 1 N–H and O–H groups in total. The van der Waals surface area contributed by atoms with Crippen LogP contribution in [0, 0.1) is 0 Å². The molecule has 1 heterocycles. The molecule has 0 saturated heterocycles. The second-order valence-corrected chi connectivity index (χ2v) is 6.14. The summed E-state index contributed by atoms with van der Waals surface area (Å²) >= 11 is 0. The molecular formula is C18H25N3O2. The molecule has 0 bridgehead atoms. The monoisotopic (exact) mass is 315 g/mol. The normalized spacial score (nSPS) is 15.7. The lowest BCUT2D eigenvalue weighted by Crippen LogP contribution is -2.13. The number of hydrogen-bond donors (Lipinski definition) is 1. The van der Waals surface area contributed by atoms with Crippen LogP contribution in [0.4, 0.5) is 0 Å². The van der Waals surface area contributed by atoms with Gasteiger partial charge in [0, 0.05) is 5.92 Å². The van der Waals surface area contributed by atoms with E-state index in [0.29, 0.717) is 18.2 Å². The summed E-state index contributed by atoms with van der Waals surface area (Å²) in [6, 6.07) is 7.93. The van der Waals surface area contributed by atoms with Crippen LogP contribution in [-0.4, -0.2) is 26.7 Å². The van der Waals surface area contributed by atoms with Gasteiger partial charge in [0.05, 0.1) is 18.9 Å². The van der Waals surface area contributed by atoms with Crippen molar-refractivity contribution in [2.45, 2.75) is 58.0 Å². The summed E-state index contributed by atoms with van der Waals surface area (Å²) < 4.78 is 7.76. The Labute approximate surface area is 137 Å². The molecule has 23 heavy (non-hydrogen) atoms. The van der Waals surface area contributed by atoms with E-state index in [1.807, 2.05) is 28.9 Å². The van der Waals surface area contributed by atoms with Gasteiger partial charge in [0.15, 0.2) is 0 Å². The highest BCUT2D eigenvalue weighted by molar-refractivity contribution is 5.47. The topological polar surface area (TPSA) is 60.2 Å². The molecule has 1 saturated carbocycles. The van der Waals surface area contributed by atoms with Crippen LogP contribution in [0.5, 0.6) is 5.75 Å². The van der Waals surface area contributed by atoms with Gasteiger partial charge in [-0.1, -0.05) is 43.5 Å². The third-order valence-electron chi connectivity index (χ3n) is 4.48. The molecule has 0 unspecified atom stereocenters. The van der Waals surface area contributed by atoms with Crippen LogP contribution in [-0.2, 0) is 6.61 Å². The molecule has 0 radical (unpaired) electrons. The van der Waals surface area contributed by atoms with Crippen LogP contribution in [0.15, 0.2) is 24.3 Å². The number of rotatable bonds is 6. The van der Waals surface area contributed by atoms with E-state index in [1.165, 1.54) is 19.3 Å². The second kappa shape index (κ2) is 7.59.